The molecule has 1 aliphatic heterocycles. The van der Waals surface area contributed by atoms with E-state index >= 15 is 0 Å². The Labute approximate surface area is 164 Å². The topological polar surface area (TPSA) is 102 Å². The molecule has 0 aromatic carbocycles. The lowest BCUT2D eigenvalue weighted by Crippen LogP contribution is -2.27. The van der Waals surface area contributed by atoms with E-state index in [1.54, 1.807) is 12.3 Å². The minimum atomic E-state index is -0.308. The van der Waals surface area contributed by atoms with Crippen molar-refractivity contribution >= 4 is 23.1 Å². The molecule has 1 aliphatic rings. The van der Waals surface area contributed by atoms with Gasteiger partial charge in [0.15, 0.2) is 5.70 Å². The van der Waals surface area contributed by atoms with Crippen LogP contribution < -0.4 is 15.8 Å². The van der Waals surface area contributed by atoms with Crippen molar-refractivity contribution in [1.82, 2.24) is 10.3 Å². The van der Waals surface area contributed by atoms with Gasteiger partial charge in [0, 0.05) is 36.0 Å². The molecule has 0 aliphatic carbocycles. The highest BCUT2D eigenvalue weighted by atomic mass is 35.5. The van der Waals surface area contributed by atoms with Crippen molar-refractivity contribution < 1.29 is 9.53 Å². The number of rotatable bonds is 7. The molecule has 0 atom stereocenters. The molecule has 2 heterocycles. The van der Waals surface area contributed by atoms with Gasteiger partial charge in [-0.3, -0.25) is 4.79 Å². The number of nitrogens with one attached hydrogen (secondary N) is 1. The summed E-state index contributed by atoms with van der Waals surface area (Å²) in [6, 6.07) is 1.76. The molecule has 3 N–H and O–H groups in total. The molecular formula is C19H24ClN5O2. The predicted molar refractivity (Wildman–Crippen MR) is 106 cm³/mol. The van der Waals surface area contributed by atoms with E-state index in [2.05, 4.69) is 20.5 Å². The molecule has 0 radical (unpaired) electrons. The second-order valence-corrected chi connectivity index (χ2v) is 6.30. The second kappa shape index (κ2) is 9.87. The molecule has 27 heavy (non-hydrogen) atoms. The van der Waals surface area contributed by atoms with E-state index in [1.807, 2.05) is 26.0 Å². The Morgan fingerprint density at radius 1 is 1.41 bits per heavy atom. The number of amides is 1. The van der Waals surface area contributed by atoms with Crippen molar-refractivity contribution in [2.75, 3.05) is 13.7 Å². The quantitative estimate of drug-likeness (QED) is 0.736. The van der Waals surface area contributed by atoms with Gasteiger partial charge in [-0.1, -0.05) is 37.6 Å². The summed E-state index contributed by atoms with van der Waals surface area (Å²) in [5, 5.41) is 11.5. The van der Waals surface area contributed by atoms with E-state index in [0.29, 0.717) is 35.3 Å². The van der Waals surface area contributed by atoms with Crippen molar-refractivity contribution in [1.29, 1.82) is 0 Å². The number of aromatic nitrogens is 1. The third-order valence-corrected chi connectivity index (χ3v) is 4.10. The Morgan fingerprint density at radius 3 is 2.78 bits per heavy atom. The summed E-state index contributed by atoms with van der Waals surface area (Å²) >= 11 is 6.21. The van der Waals surface area contributed by atoms with E-state index in [4.69, 9.17) is 22.1 Å². The number of ether oxygens (including phenoxy) is 1. The van der Waals surface area contributed by atoms with E-state index in [0.717, 1.165) is 24.0 Å². The highest BCUT2D eigenvalue weighted by molar-refractivity contribution is 6.32. The highest BCUT2D eigenvalue weighted by Gasteiger charge is 2.21. The average Bonchev–Trinajstić information content (AvgIpc) is 2.66. The largest absolute Gasteiger partial charge is 0.480 e. The maximum atomic E-state index is 12.1. The first-order valence-electron chi connectivity index (χ1n) is 8.79. The summed E-state index contributed by atoms with van der Waals surface area (Å²) in [7, 11) is 1.51. The first kappa shape index (κ1) is 20.6. The fourth-order valence-corrected chi connectivity index (χ4v) is 2.70. The third-order valence-electron chi connectivity index (χ3n) is 3.83. The minimum Gasteiger partial charge on any atom is -0.480 e. The molecule has 0 saturated carbocycles. The van der Waals surface area contributed by atoms with Gasteiger partial charge in [-0.25, -0.2) is 4.98 Å². The number of carbonyl (C=O) groups excluding carboxylic acids is 1. The Balaban J connectivity index is 2.40. The van der Waals surface area contributed by atoms with Crippen LogP contribution in [0.2, 0.25) is 5.02 Å². The van der Waals surface area contributed by atoms with E-state index < -0.39 is 0 Å². The van der Waals surface area contributed by atoms with Gasteiger partial charge in [0.05, 0.1) is 12.8 Å². The Morgan fingerprint density at radius 2 is 2.19 bits per heavy atom. The van der Waals surface area contributed by atoms with Gasteiger partial charge in [0.2, 0.25) is 5.88 Å². The van der Waals surface area contributed by atoms with Gasteiger partial charge >= 0.3 is 0 Å². The standard InChI is InChI=1S/C19H24ClN5O2/c1-4-6-7-13(12-9-14(20)19(27-3)23-11-12)16-10-15(21)17(25-24-16)18(26)22-8-5-2/h6-7,9,11H,4-5,8,10,21H2,1-3H3,(H,22,26)/b7-6-,16-13-. The van der Waals surface area contributed by atoms with Gasteiger partial charge in [-0.05, 0) is 18.9 Å². The molecule has 0 unspecified atom stereocenters. The number of pyridine rings is 1. The molecular weight excluding hydrogens is 366 g/mol. The van der Waals surface area contributed by atoms with Crippen LogP contribution in [-0.4, -0.2) is 24.5 Å². The van der Waals surface area contributed by atoms with Gasteiger partial charge in [0.1, 0.15) is 5.02 Å². The van der Waals surface area contributed by atoms with Crippen LogP contribution in [0.5, 0.6) is 5.88 Å². The number of nitrogens with zero attached hydrogens (tertiary/aromatic N) is 3. The minimum absolute atomic E-state index is 0.164. The van der Waals surface area contributed by atoms with Gasteiger partial charge in [-0.2, -0.15) is 5.11 Å². The first-order chi connectivity index (χ1) is 13.0. The monoisotopic (exact) mass is 389 g/mol. The maximum absolute atomic E-state index is 12.1. The highest BCUT2D eigenvalue weighted by Crippen LogP contribution is 2.32. The van der Waals surface area contributed by atoms with Gasteiger partial charge in [0.25, 0.3) is 5.91 Å². The maximum Gasteiger partial charge on any atom is 0.273 e. The first-order valence-corrected chi connectivity index (χ1v) is 9.17. The number of nitrogens with two attached hydrogens (primary N) is 1. The average molecular weight is 390 g/mol. The van der Waals surface area contributed by atoms with Crippen LogP contribution in [0, 0.1) is 0 Å². The summed E-state index contributed by atoms with van der Waals surface area (Å²) in [5.41, 5.74) is 8.86. The Kier molecular flexibility index (Phi) is 7.55. The number of methoxy groups -OCH3 is 1. The molecule has 0 spiro atoms. The fourth-order valence-electron chi connectivity index (χ4n) is 2.45. The molecule has 1 amide bonds. The number of azo groups is 1. The lowest BCUT2D eigenvalue weighted by Gasteiger charge is -2.15. The van der Waals surface area contributed by atoms with Crippen LogP contribution in [0.3, 0.4) is 0 Å². The smallest absolute Gasteiger partial charge is 0.273 e. The van der Waals surface area contributed by atoms with Crippen LogP contribution in [-0.2, 0) is 4.79 Å². The van der Waals surface area contributed by atoms with E-state index in [1.165, 1.54) is 7.11 Å². The predicted octanol–water partition coefficient (Wildman–Crippen LogP) is 3.97. The number of hydrogen-bond acceptors (Lipinski definition) is 6. The summed E-state index contributed by atoms with van der Waals surface area (Å²) < 4.78 is 5.11. The molecule has 144 valence electrons. The van der Waals surface area contributed by atoms with Crippen molar-refractivity contribution in [2.24, 2.45) is 16.0 Å². The normalized spacial score (nSPS) is 16.0. The summed E-state index contributed by atoms with van der Waals surface area (Å²) in [6.07, 6.45) is 7.58. The molecule has 2 rings (SSSR count). The molecule has 8 heteroatoms. The van der Waals surface area contributed by atoms with Crippen molar-refractivity contribution in [2.45, 2.75) is 33.1 Å². The van der Waals surface area contributed by atoms with Crippen LogP contribution in [0.1, 0.15) is 38.7 Å². The third kappa shape index (κ3) is 5.17. The van der Waals surface area contributed by atoms with Crippen molar-refractivity contribution in [3.8, 4) is 5.88 Å². The van der Waals surface area contributed by atoms with E-state index in [9.17, 15) is 4.79 Å². The van der Waals surface area contributed by atoms with Crippen LogP contribution >= 0.6 is 11.6 Å². The lowest BCUT2D eigenvalue weighted by molar-refractivity contribution is -0.117. The van der Waals surface area contributed by atoms with Crippen molar-refractivity contribution in [3.63, 3.8) is 0 Å². The molecule has 7 nitrogen and oxygen atoms in total. The molecule has 1 aromatic heterocycles. The Hall–Kier alpha value is -2.67. The molecule has 0 saturated heterocycles. The lowest BCUT2D eigenvalue weighted by atomic mass is 10.0. The second-order valence-electron chi connectivity index (χ2n) is 5.89. The number of carbonyl (C=O) groups is 1. The summed E-state index contributed by atoms with van der Waals surface area (Å²) in [5.74, 6) is 0.0424. The van der Waals surface area contributed by atoms with Crippen LogP contribution in [0.15, 0.2) is 51.7 Å². The molecule has 0 bridgehead atoms. The molecule has 1 aromatic rings. The van der Waals surface area contributed by atoms with Crippen LogP contribution in [0.4, 0.5) is 0 Å². The van der Waals surface area contributed by atoms with E-state index in [-0.39, 0.29) is 11.6 Å². The van der Waals surface area contributed by atoms with Crippen LogP contribution in [0.25, 0.3) is 5.57 Å². The zero-order chi connectivity index (χ0) is 19.8. The summed E-state index contributed by atoms with van der Waals surface area (Å²) in [4.78, 5) is 16.3. The zero-order valence-corrected chi connectivity index (χ0v) is 16.5. The molecule has 0 fully saturated rings. The fraction of sp³-hybridized carbons (Fsp3) is 0.368. The number of hydrogen-bond donors (Lipinski definition) is 2. The summed E-state index contributed by atoms with van der Waals surface area (Å²) in [6.45, 7) is 4.57. The van der Waals surface area contributed by atoms with Crippen molar-refractivity contribution in [3.05, 3.63) is 52.1 Å². The van der Waals surface area contributed by atoms with Gasteiger partial charge in [-0.15, -0.1) is 5.11 Å². The SMILES string of the molecule is CC/C=C\C(=C1/CC(N)=C(C(=O)NCCC)N=N1)c1cnc(OC)c(Cl)c1. The zero-order valence-electron chi connectivity index (χ0n) is 15.8. The Bertz CT molecular complexity index is 827. The number of halogens is 1. The number of allylic oxidation sites excluding steroid dienone is 3. The van der Waals surface area contributed by atoms with Gasteiger partial charge < -0.3 is 15.8 Å².